The summed E-state index contributed by atoms with van der Waals surface area (Å²) in [6.07, 6.45) is 2.13. The molecule has 0 fully saturated rings. The summed E-state index contributed by atoms with van der Waals surface area (Å²) in [4.78, 5) is 1.03. The fourth-order valence-corrected chi connectivity index (χ4v) is 3.47. The van der Waals surface area contributed by atoms with Gasteiger partial charge in [-0.25, -0.2) is 0 Å². The molecule has 0 amide bonds. The van der Waals surface area contributed by atoms with Crippen molar-refractivity contribution in [2.75, 3.05) is 12.3 Å². The molecule has 1 aromatic carbocycles. The lowest BCUT2D eigenvalue weighted by atomic mass is 10.0. The molecule has 1 aromatic rings. The summed E-state index contributed by atoms with van der Waals surface area (Å²) in [7, 11) is -0.797. The number of rotatable bonds is 2. The fraction of sp³-hybridized carbons (Fsp3) is 0.500. The summed E-state index contributed by atoms with van der Waals surface area (Å²) in [5, 5.41) is 3.47. The van der Waals surface area contributed by atoms with E-state index in [1.54, 1.807) is 0 Å². The molecule has 2 nitrogen and oxygen atoms in total. The van der Waals surface area contributed by atoms with Crippen molar-refractivity contribution in [3.63, 3.8) is 0 Å². The molecule has 1 heterocycles. The van der Waals surface area contributed by atoms with Gasteiger partial charge in [0.25, 0.3) is 0 Å². The maximum Gasteiger partial charge on any atom is 0.0532 e. The van der Waals surface area contributed by atoms with Gasteiger partial charge in [0, 0.05) is 16.7 Å². The first-order valence-corrected chi connectivity index (χ1v) is 6.85. The summed E-state index contributed by atoms with van der Waals surface area (Å²) in [5.41, 5.74) is 1.23. The van der Waals surface area contributed by atoms with Crippen molar-refractivity contribution in [2.24, 2.45) is 0 Å². The molecular weight excluding hydrogens is 206 g/mol. The lowest BCUT2D eigenvalue weighted by Crippen LogP contribution is -2.20. The summed E-state index contributed by atoms with van der Waals surface area (Å²) in [6.45, 7) is 3.08. The average Bonchev–Trinajstić information content (AvgIpc) is 2.41. The van der Waals surface area contributed by atoms with Crippen LogP contribution in [0.15, 0.2) is 29.2 Å². The van der Waals surface area contributed by atoms with Crippen molar-refractivity contribution in [1.29, 1.82) is 0 Å². The zero-order chi connectivity index (χ0) is 10.7. The molecular formula is C12H17NOS. The van der Waals surface area contributed by atoms with Crippen LogP contribution in [0.25, 0.3) is 0 Å². The Morgan fingerprint density at radius 1 is 1.47 bits per heavy atom. The van der Waals surface area contributed by atoms with Crippen molar-refractivity contribution in [2.45, 2.75) is 30.7 Å². The van der Waals surface area contributed by atoms with Gasteiger partial charge in [0.2, 0.25) is 0 Å². The van der Waals surface area contributed by atoms with Gasteiger partial charge in [0.05, 0.1) is 10.8 Å². The molecule has 1 N–H and O–H groups in total. The SMILES string of the molecule is CCNC1CCCS(=O)c2ccccc21. The fourth-order valence-electron chi connectivity index (χ4n) is 2.12. The third kappa shape index (κ3) is 2.29. The number of benzene rings is 1. The van der Waals surface area contributed by atoms with Crippen molar-refractivity contribution >= 4 is 10.8 Å². The zero-order valence-corrected chi connectivity index (χ0v) is 9.85. The topological polar surface area (TPSA) is 29.1 Å². The van der Waals surface area contributed by atoms with Crippen LogP contribution < -0.4 is 5.32 Å². The molecule has 0 saturated carbocycles. The third-order valence-corrected chi connectivity index (χ3v) is 4.33. The molecule has 2 unspecified atom stereocenters. The highest BCUT2D eigenvalue weighted by Crippen LogP contribution is 2.28. The van der Waals surface area contributed by atoms with Crippen LogP contribution in [-0.2, 0) is 10.8 Å². The Hall–Kier alpha value is -0.670. The molecule has 1 aliphatic rings. The van der Waals surface area contributed by atoms with Gasteiger partial charge >= 0.3 is 0 Å². The van der Waals surface area contributed by atoms with Gasteiger partial charge in [0.15, 0.2) is 0 Å². The van der Waals surface area contributed by atoms with Crippen LogP contribution in [0.1, 0.15) is 31.4 Å². The summed E-state index contributed by atoms with van der Waals surface area (Å²) in [5.74, 6) is 0.804. The van der Waals surface area contributed by atoms with Crippen LogP contribution in [0.3, 0.4) is 0 Å². The summed E-state index contributed by atoms with van der Waals surface area (Å²) >= 11 is 0. The van der Waals surface area contributed by atoms with E-state index in [0.29, 0.717) is 6.04 Å². The molecule has 3 heteroatoms. The highest BCUT2D eigenvalue weighted by Gasteiger charge is 2.20. The van der Waals surface area contributed by atoms with E-state index >= 15 is 0 Å². The minimum Gasteiger partial charge on any atom is -0.310 e. The van der Waals surface area contributed by atoms with E-state index in [-0.39, 0.29) is 0 Å². The van der Waals surface area contributed by atoms with Crippen LogP contribution in [0.2, 0.25) is 0 Å². The monoisotopic (exact) mass is 223 g/mol. The smallest absolute Gasteiger partial charge is 0.0532 e. The Labute approximate surface area is 93.5 Å². The van der Waals surface area contributed by atoms with E-state index < -0.39 is 10.8 Å². The molecule has 0 spiro atoms. The molecule has 0 bridgehead atoms. The molecule has 0 radical (unpaired) electrons. The van der Waals surface area contributed by atoms with Crippen LogP contribution in [0, 0.1) is 0 Å². The number of hydrogen-bond acceptors (Lipinski definition) is 2. The van der Waals surface area contributed by atoms with Gasteiger partial charge in [-0.05, 0) is 31.0 Å². The second-order valence-corrected chi connectivity index (χ2v) is 5.38. The second-order valence-electron chi connectivity index (χ2n) is 3.84. The first-order chi connectivity index (χ1) is 7.33. The van der Waals surface area contributed by atoms with Crippen molar-refractivity contribution in [3.05, 3.63) is 29.8 Å². The second kappa shape index (κ2) is 4.90. The average molecular weight is 223 g/mol. The van der Waals surface area contributed by atoms with E-state index in [2.05, 4.69) is 18.3 Å². The lowest BCUT2D eigenvalue weighted by molar-refractivity contribution is 0.508. The molecule has 1 aliphatic heterocycles. The standard InChI is InChI=1S/C12H17NOS/c1-2-13-11-7-5-9-15(14)12-8-4-3-6-10(11)12/h3-4,6,8,11,13H,2,5,7,9H2,1H3. The molecule has 0 saturated heterocycles. The Morgan fingerprint density at radius 3 is 3.07 bits per heavy atom. The van der Waals surface area contributed by atoms with Gasteiger partial charge in [-0.1, -0.05) is 25.1 Å². The van der Waals surface area contributed by atoms with Crippen molar-refractivity contribution in [3.8, 4) is 0 Å². The van der Waals surface area contributed by atoms with Crippen LogP contribution in [0.5, 0.6) is 0 Å². The van der Waals surface area contributed by atoms with Crippen LogP contribution in [-0.4, -0.2) is 16.5 Å². The predicted octanol–water partition coefficient (Wildman–Crippen LogP) is 2.24. The highest BCUT2D eigenvalue weighted by atomic mass is 32.2. The summed E-state index contributed by atoms with van der Waals surface area (Å²) < 4.78 is 11.9. The quantitative estimate of drug-likeness (QED) is 0.833. The Balaban J connectivity index is 2.38. The Bertz CT molecular complexity index is 364. The van der Waals surface area contributed by atoms with Gasteiger partial charge in [0.1, 0.15) is 0 Å². The first kappa shape index (κ1) is 10.8. The molecule has 15 heavy (non-hydrogen) atoms. The largest absolute Gasteiger partial charge is 0.310 e. The molecule has 2 rings (SSSR count). The van der Waals surface area contributed by atoms with E-state index in [4.69, 9.17) is 0 Å². The molecule has 2 atom stereocenters. The summed E-state index contributed by atoms with van der Waals surface area (Å²) in [6, 6.07) is 8.50. The Morgan fingerprint density at radius 2 is 2.27 bits per heavy atom. The lowest BCUT2D eigenvalue weighted by Gasteiger charge is -2.17. The van der Waals surface area contributed by atoms with Gasteiger partial charge in [-0.15, -0.1) is 0 Å². The van der Waals surface area contributed by atoms with Gasteiger partial charge in [-0.2, -0.15) is 0 Å². The molecule has 82 valence electrons. The normalized spacial score (nSPS) is 25.7. The minimum absolute atomic E-state index is 0.387. The van der Waals surface area contributed by atoms with Crippen molar-refractivity contribution in [1.82, 2.24) is 5.32 Å². The third-order valence-electron chi connectivity index (χ3n) is 2.81. The Kier molecular flexibility index (Phi) is 3.54. The highest BCUT2D eigenvalue weighted by molar-refractivity contribution is 7.85. The minimum atomic E-state index is -0.797. The zero-order valence-electron chi connectivity index (χ0n) is 9.03. The van der Waals surface area contributed by atoms with Gasteiger partial charge < -0.3 is 5.32 Å². The van der Waals surface area contributed by atoms with Crippen molar-refractivity contribution < 1.29 is 4.21 Å². The number of fused-ring (bicyclic) bond motifs is 1. The maximum atomic E-state index is 11.9. The van der Waals surface area contributed by atoms with E-state index in [0.717, 1.165) is 30.0 Å². The van der Waals surface area contributed by atoms with E-state index in [1.807, 2.05) is 18.2 Å². The molecule has 0 aromatic heterocycles. The predicted molar refractivity (Wildman–Crippen MR) is 63.4 cm³/mol. The number of nitrogens with one attached hydrogen (secondary N) is 1. The van der Waals surface area contributed by atoms with Crippen LogP contribution in [0.4, 0.5) is 0 Å². The number of hydrogen-bond donors (Lipinski definition) is 1. The van der Waals surface area contributed by atoms with E-state index in [9.17, 15) is 4.21 Å². The van der Waals surface area contributed by atoms with Gasteiger partial charge in [-0.3, -0.25) is 4.21 Å². The molecule has 0 aliphatic carbocycles. The van der Waals surface area contributed by atoms with E-state index in [1.165, 1.54) is 5.56 Å². The first-order valence-electron chi connectivity index (χ1n) is 5.53. The maximum absolute atomic E-state index is 11.9. The van der Waals surface area contributed by atoms with Crippen LogP contribution >= 0.6 is 0 Å².